The highest BCUT2D eigenvalue weighted by molar-refractivity contribution is 7.54. The summed E-state index contributed by atoms with van der Waals surface area (Å²) in [5.41, 5.74) is 12.5. The van der Waals surface area contributed by atoms with Crippen LogP contribution in [0.5, 0.6) is 0 Å². The molecule has 2 nitrogen and oxygen atoms in total. The highest BCUT2D eigenvalue weighted by atomic mass is 31.2. The molecule has 0 radical (unpaired) electrons. The summed E-state index contributed by atoms with van der Waals surface area (Å²) in [7, 11) is -2.31. The summed E-state index contributed by atoms with van der Waals surface area (Å²) in [5, 5.41) is 0.653. The third-order valence-corrected chi connectivity index (χ3v) is 9.46. The lowest BCUT2D eigenvalue weighted by atomic mass is 9.80. The van der Waals surface area contributed by atoms with E-state index in [1.165, 1.54) is 38.9 Å². The van der Waals surface area contributed by atoms with Crippen molar-refractivity contribution in [1.29, 1.82) is 0 Å². The van der Waals surface area contributed by atoms with Crippen LogP contribution >= 0.6 is 8.38 Å². The minimum Gasteiger partial charge on any atom is -0.347 e. The van der Waals surface area contributed by atoms with Crippen LogP contribution in [0.25, 0.3) is 33.4 Å². The van der Waals surface area contributed by atoms with Crippen LogP contribution in [-0.4, -0.2) is 9.79 Å². The molecule has 0 aromatic heterocycles. The van der Waals surface area contributed by atoms with Gasteiger partial charge in [-0.3, -0.25) is 0 Å². The lowest BCUT2D eigenvalue weighted by molar-refractivity contribution is 0.497. The van der Waals surface area contributed by atoms with E-state index in [0.717, 1.165) is 93.7 Å². The zero-order valence-electron chi connectivity index (χ0n) is 26.8. The largest absolute Gasteiger partial charge is 0.347 e. The van der Waals surface area contributed by atoms with Crippen molar-refractivity contribution in [2.75, 3.05) is 0 Å². The second-order valence-corrected chi connectivity index (χ2v) is 12.9. The Kier molecular flexibility index (Phi) is 13.0. The first kappa shape index (κ1) is 33.1. The first-order valence-corrected chi connectivity index (χ1v) is 17.9. The second-order valence-electron chi connectivity index (χ2n) is 11.9. The van der Waals surface area contributed by atoms with Gasteiger partial charge >= 0.3 is 0 Å². The molecular formula is C40H51O2P. The van der Waals surface area contributed by atoms with E-state index in [1.54, 1.807) is 0 Å². The Balaban J connectivity index is 2.17. The van der Waals surface area contributed by atoms with Gasteiger partial charge < -0.3 is 9.79 Å². The molecule has 0 aliphatic heterocycles. The van der Waals surface area contributed by atoms with E-state index in [0.29, 0.717) is 5.30 Å². The summed E-state index contributed by atoms with van der Waals surface area (Å²) in [6.07, 6.45) is 13.1. The molecule has 0 atom stereocenters. The van der Waals surface area contributed by atoms with Gasteiger partial charge in [0.2, 0.25) is 0 Å². The Hall–Kier alpha value is -2.77. The fourth-order valence-corrected chi connectivity index (χ4v) is 7.03. The van der Waals surface area contributed by atoms with Gasteiger partial charge in [0, 0.05) is 10.9 Å². The maximum Gasteiger partial charge on any atom is 0.200 e. The Morgan fingerprint density at radius 2 is 0.884 bits per heavy atom. The molecule has 0 aliphatic rings. The second kappa shape index (κ2) is 16.9. The van der Waals surface area contributed by atoms with Crippen molar-refractivity contribution < 1.29 is 9.79 Å². The fourth-order valence-electron chi connectivity index (χ4n) is 6.40. The van der Waals surface area contributed by atoms with Gasteiger partial charge in [-0.2, -0.15) is 0 Å². The molecule has 4 aromatic rings. The molecule has 4 rings (SSSR count). The van der Waals surface area contributed by atoms with Crippen molar-refractivity contribution in [3.05, 3.63) is 101 Å². The molecule has 0 spiro atoms. The number of rotatable bonds is 16. The number of aryl methyl sites for hydroxylation is 4. The Labute approximate surface area is 262 Å². The van der Waals surface area contributed by atoms with E-state index >= 15 is 0 Å². The summed E-state index contributed by atoms with van der Waals surface area (Å²) < 4.78 is 0. The van der Waals surface area contributed by atoms with Crippen molar-refractivity contribution in [1.82, 2.24) is 0 Å². The predicted octanol–water partition coefficient (Wildman–Crippen LogP) is 11.0. The Morgan fingerprint density at radius 3 is 1.30 bits per heavy atom. The van der Waals surface area contributed by atoms with Crippen LogP contribution in [0.4, 0.5) is 0 Å². The maximum absolute atomic E-state index is 11.0. The summed E-state index contributed by atoms with van der Waals surface area (Å²) in [4.78, 5) is 22.0. The van der Waals surface area contributed by atoms with Crippen LogP contribution in [-0.2, 0) is 25.7 Å². The number of benzene rings is 4. The minimum absolute atomic E-state index is 0.653. The van der Waals surface area contributed by atoms with E-state index in [1.807, 2.05) is 6.07 Å². The average Bonchev–Trinajstić information content (AvgIpc) is 3.04. The van der Waals surface area contributed by atoms with Crippen molar-refractivity contribution in [2.24, 2.45) is 0 Å². The first-order chi connectivity index (χ1) is 21.0. The molecular weight excluding hydrogens is 543 g/mol. The molecule has 0 amide bonds. The minimum atomic E-state index is -2.31. The monoisotopic (exact) mass is 594 g/mol. The summed E-state index contributed by atoms with van der Waals surface area (Å²) in [6, 6.07) is 28.5. The topological polar surface area (TPSA) is 40.5 Å². The smallest absolute Gasteiger partial charge is 0.200 e. The molecule has 0 fully saturated rings. The van der Waals surface area contributed by atoms with Crippen molar-refractivity contribution in [2.45, 2.75) is 105 Å². The van der Waals surface area contributed by atoms with Crippen molar-refractivity contribution in [3.63, 3.8) is 0 Å². The van der Waals surface area contributed by atoms with Crippen molar-refractivity contribution >= 4 is 13.7 Å². The zero-order valence-corrected chi connectivity index (χ0v) is 27.7. The van der Waals surface area contributed by atoms with E-state index in [9.17, 15) is 9.79 Å². The molecule has 0 saturated heterocycles. The summed E-state index contributed by atoms with van der Waals surface area (Å²) >= 11 is 0. The number of unbranched alkanes of at least 4 members (excludes halogenated alkanes) is 4. The van der Waals surface area contributed by atoms with E-state index < -0.39 is 8.38 Å². The number of hydrogen-bond donors (Lipinski definition) is 2. The molecule has 0 aliphatic carbocycles. The third kappa shape index (κ3) is 8.04. The molecule has 3 heteroatoms. The van der Waals surface area contributed by atoms with Crippen LogP contribution in [0.15, 0.2) is 78.9 Å². The predicted molar refractivity (Wildman–Crippen MR) is 188 cm³/mol. The van der Waals surface area contributed by atoms with Crippen LogP contribution < -0.4 is 5.30 Å². The van der Waals surface area contributed by atoms with Crippen LogP contribution in [0, 0.1) is 0 Å². The molecule has 43 heavy (non-hydrogen) atoms. The van der Waals surface area contributed by atoms with Gasteiger partial charge in [-0.1, -0.05) is 126 Å². The quantitative estimate of drug-likeness (QED) is 0.127. The fraction of sp³-hybridized carbons (Fsp3) is 0.400. The normalized spacial score (nSPS) is 11.4. The Bertz CT molecular complexity index is 1390. The average molecular weight is 595 g/mol. The highest BCUT2D eigenvalue weighted by Crippen LogP contribution is 2.47. The van der Waals surface area contributed by atoms with Gasteiger partial charge in [0.15, 0.2) is 8.38 Å². The summed E-state index contributed by atoms with van der Waals surface area (Å²) in [5.74, 6) is 0. The van der Waals surface area contributed by atoms with Crippen molar-refractivity contribution in [3.8, 4) is 33.4 Å². The molecule has 2 N–H and O–H groups in total. The molecule has 4 aromatic carbocycles. The molecule has 0 unspecified atom stereocenters. The molecule has 0 bridgehead atoms. The van der Waals surface area contributed by atoms with Gasteiger partial charge in [0.25, 0.3) is 0 Å². The van der Waals surface area contributed by atoms with Crippen LogP contribution in [0.2, 0.25) is 0 Å². The van der Waals surface area contributed by atoms with E-state index in [-0.39, 0.29) is 0 Å². The first-order valence-electron chi connectivity index (χ1n) is 16.7. The molecule has 228 valence electrons. The Morgan fingerprint density at radius 1 is 0.442 bits per heavy atom. The highest BCUT2D eigenvalue weighted by Gasteiger charge is 2.26. The third-order valence-electron chi connectivity index (χ3n) is 8.65. The number of hydrogen-bond acceptors (Lipinski definition) is 2. The van der Waals surface area contributed by atoms with E-state index in [4.69, 9.17) is 0 Å². The zero-order chi connectivity index (χ0) is 30.6. The van der Waals surface area contributed by atoms with Gasteiger partial charge in [0.05, 0.1) is 0 Å². The van der Waals surface area contributed by atoms with E-state index in [2.05, 4.69) is 100 Å². The lowest BCUT2D eigenvalue weighted by Crippen LogP contribution is -2.12. The standard InChI is InChI=1S/C40H51O2P/c1-5-9-18-30-24-16-25-31(19-10-6-2)37(30)35-28-29-36(43(41)42)40(39(35)34-22-14-13-15-23-34)38-32(20-11-7-3)26-17-27-33(38)21-12-8-4/h13-17,22-29,41-42H,5-12,18-21H2,1-4H3. The van der Waals surface area contributed by atoms with Gasteiger partial charge in [-0.15, -0.1) is 0 Å². The van der Waals surface area contributed by atoms with Crippen LogP contribution in [0.1, 0.15) is 101 Å². The lowest BCUT2D eigenvalue weighted by Gasteiger charge is -2.26. The molecule has 0 saturated carbocycles. The summed E-state index contributed by atoms with van der Waals surface area (Å²) in [6.45, 7) is 9.01. The van der Waals surface area contributed by atoms with Gasteiger partial charge in [-0.25, -0.2) is 0 Å². The van der Waals surface area contributed by atoms with Gasteiger partial charge in [-0.05, 0) is 108 Å². The van der Waals surface area contributed by atoms with Gasteiger partial charge in [0.1, 0.15) is 0 Å². The molecule has 0 heterocycles. The maximum atomic E-state index is 11.0. The SMILES string of the molecule is CCCCc1cccc(CCCC)c1-c1ccc(P(O)O)c(-c2c(CCCC)cccc2CCCC)c1-c1ccccc1. The van der Waals surface area contributed by atoms with Crippen LogP contribution in [0.3, 0.4) is 0 Å².